The van der Waals surface area contributed by atoms with Crippen LogP contribution in [0.1, 0.15) is 30.9 Å². The maximum Gasteiger partial charge on any atom is 0.262 e. The third-order valence-corrected chi connectivity index (χ3v) is 6.63. The Morgan fingerprint density at radius 2 is 2.03 bits per heavy atom. The molecule has 0 aliphatic carbocycles. The van der Waals surface area contributed by atoms with Crippen LogP contribution in [0.2, 0.25) is 0 Å². The lowest BCUT2D eigenvalue weighted by Crippen LogP contribution is -2.43. The van der Waals surface area contributed by atoms with E-state index in [9.17, 15) is 13.2 Å². The molecule has 1 aliphatic heterocycles. The molecule has 3 rings (SSSR count). The van der Waals surface area contributed by atoms with Gasteiger partial charge in [0.05, 0.1) is 16.5 Å². The topological polar surface area (TPSA) is 91.4 Å². The molecule has 1 unspecified atom stereocenters. The number of benzene rings is 1. The number of anilines is 2. The van der Waals surface area contributed by atoms with E-state index in [0.29, 0.717) is 24.6 Å². The van der Waals surface area contributed by atoms with Gasteiger partial charge in [-0.2, -0.15) is 0 Å². The summed E-state index contributed by atoms with van der Waals surface area (Å²) in [5.41, 5.74) is 2.37. The van der Waals surface area contributed by atoms with E-state index >= 15 is 0 Å². The molecule has 1 amide bonds. The highest BCUT2D eigenvalue weighted by Crippen LogP contribution is 2.30. The lowest BCUT2D eigenvalue weighted by molar-refractivity contribution is -0.125. The number of nitrogens with one attached hydrogen (secondary N) is 2. The summed E-state index contributed by atoms with van der Waals surface area (Å²) in [6.45, 7) is 7.57. The molecule has 0 bridgehead atoms. The Bertz CT molecular complexity index is 991. The molecular formula is C21H28N4O3S. The van der Waals surface area contributed by atoms with E-state index in [2.05, 4.69) is 15.0 Å². The second-order valence-corrected chi connectivity index (χ2v) is 9.09. The van der Waals surface area contributed by atoms with Gasteiger partial charge in [0.2, 0.25) is 5.91 Å². The van der Waals surface area contributed by atoms with Gasteiger partial charge < -0.3 is 10.2 Å². The predicted molar refractivity (Wildman–Crippen MR) is 115 cm³/mol. The Morgan fingerprint density at radius 1 is 1.24 bits per heavy atom. The SMILES string of the molecule is CCNC(=O)C1CCCN(c2ncccc2NS(=O)(=O)c2ccc(C)c(C)c2)C1. The van der Waals surface area contributed by atoms with Crippen molar-refractivity contribution in [1.82, 2.24) is 10.3 Å². The van der Waals surface area contributed by atoms with E-state index < -0.39 is 10.0 Å². The summed E-state index contributed by atoms with van der Waals surface area (Å²) in [7, 11) is -3.75. The molecule has 0 saturated carbocycles. The third-order valence-electron chi connectivity index (χ3n) is 5.26. The minimum atomic E-state index is -3.75. The molecular weight excluding hydrogens is 388 g/mol. The zero-order valence-corrected chi connectivity index (χ0v) is 17.9. The van der Waals surface area contributed by atoms with Crippen LogP contribution in [-0.4, -0.2) is 38.9 Å². The van der Waals surface area contributed by atoms with Crippen LogP contribution in [0.25, 0.3) is 0 Å². The molecule has 7 nitrogen and oxygen atoms in total. The lowest BCUT2D eigenvalue weighted by atomic mass is 9.97. The van der Waals surface area contributed by atoms with Crippen molar-refractivity contribution in [2.45, 2.75) is 38.5 Å². The minimum absolute atomic E-state index is 0.0328. The number of carbonyl (C=O) groups excluding carboxylic acids is 1. The molecule has 0 spiro atoms. The number of rotatable bonds is 6. The van der Waals surface area contributed by atoms with Crippen molar-refractivity contribution in [2.75, 3.05) is 29.3 Å². The molecule has 156 valence electrons. The Kier molecular flexibility index (Phi) is 6.42. The number of aromatic nitrogens is 1. The van der Waals surface area contributed by atoms with Gasteiger partial charge in [-0.1, -0.05) is 6.07 Å². The Labute approximate surface area is 172 Å². The van der Waals surface area contributed by atoms with Crippen LogP contribution in [0.4, 0.5) is 11.5 Å². The molecule has 1 aromatic heterocycles. The Hall–Kier alpha value is -2.61. The average molecular weight is 417 g/mol. The summed E-state index contributed by atoms with van der Waals surface area (Å²) in [5, 5.41) is 2.87. The van der Waals surface area contributed by atoms with Gasteiger partial charge in [0.25, 0.3) is 10.0 Å². The summed E-state index contributed by atoms with van der Waals surface area (Å²) in [6, 6.07) is 8.48. The van der Waals surface area contributed by atoms with Gasteiger partial charge in [0.15, 0.2) is 5.82 Å². The van der Waals surface area contributed by atoms with Crippen molar-refractivity contribution in [1.29, 1.82) is 0 Å². The zero-order chi connectivity index (χ0) is 21.0. The summed E-state index contributed by atoms with van der Waals surface area (Å²) in [5.74, 6) is 0.453. The maximum absolute atomic E-state index is 12.9. The maximum atomic E-state index is 12.9. The van der Waals surface area contributed by atoms with Gasteiger partial charge in [-0.15, -0.1) is 0 Å². The molecule has 29 heavy (non-hydrogen) atoms. The fourth-order valence-corrected chi connectivity index (χ4v) is 4.66. The monoisotopic (exact) mass is 416 g/mol. The first-order valence-corrected chi connectivity index (χ1v) is 11.4. The van der Waals surface area contributed by atoms with Crippen molar-refractivity contribution >= 4 is 27.4 Å². The number of carbonyl (C=O) groups is 1. The van der Waals surface area contributed by atoms with Crippen LogP contribution in [0.15, 0.2) is 41.4 Å². The summed E-state index contributed by atoms with van der Waals surface area (Å²) >= 11 is 0. The molecule has 2 heterocycles. The number of piperidine rings is 1. The van der Waals surface area contributed by atoms with E-state index in [4.69, 9.17) is 0 Å². The summed E-state index contributed by atoms with van der Waals surface area (Å²) < 4.78 is 28.6. The van der Waals surface area contributed by atoms with Gasteiger partial charge in [-0.3, -0.25) is 9.52 Å². The first-order chi connectivity index (χ1) is 13.8. The second-order valence-electron chi connectivity index (χ2n) is 7.41. The Morgan fingerprint density at radius 3 is 2.76 bits per heavy atom. The molecule has 1 aromatic carbocycles. The van der Waals surface area contributed by atoms with E-state index in [1.807, 2.05) is 25.7 Å². The molecule has 1 fully saturated rings. The molecule has 8 heteroatoms. The lowest BCUT2D eigenvalue weighted by Gasteiger charge is -2.33. The average Bonchev–Trinajstić information content (AvgIpc) is 2.70. The van der Waals surface area contributed by atoms with Crippen molar-refractivity contribution in [3.8, 4) is 0 Å². The smallest absolute Gasteiger partial charge is 0.262 e. The van der Waals surface area contributed by atoms with Crippen LogP contribution in [0.5, 0.6) is 0 Å². The van der Waals surface area contributed by atoms with Gasteiger partial charge >= 0.3 is 0 Å². The number of pyridine rings is 1. The largest absolute Gasteiger partial charge is 0.356 e. The van der Waals surface area contributed by atoms with E-state index in [-0.39, 0.29) is 16.7 Å². The molecule has 0 radical (unpaired) electrons. The number of sulfonamides is 1. The molecule has 1 saturated heterocycles. The highest BCUT2D eigenvalue weighted by molar-refractivity contribution is 7.92. The van der Waals surface area contributed by atoms with Crippen LogP contribution in [0.3, 0.4) is 0 Å². The van der Waals surface area contributed by atoms with E-state index in [1.54, 1.807) is 36.5 Å². The van der Waals surface area contributed by atoms with Crippen LogP contribution >= 0.6 is 0 Å². The first-order valence-electron chi connectivity index (χ1n) is 9.89. The highest BCUT2D eigenvalue weighted by atomic mass is 32.2. The first kappa shape index (κ1) is 21.1. The predicted octanol–water partition coefficient (Wildman–Crippen LogP) is 2.85. The fourth-order valence-electron chi connectivity index (χ4n) is 3.52. The zero-order valence-electron chi connectivity index (χ0n) is 17.1. The van der Waals surface area contributed by atoms with Crippen molar-refractivity contribution in [2.24, 2.45) is 5.92 Å². The van der Waals surface area contributed by atoms with Gasteiger partial charge in [-0.25, -0.2) is 13.4 Å². The number of nitrogens with zero attached hydrogens (tertiary/aromatic N) is 2. The van der Waals surface area contributed by atoms with Gasteiger partial charge in [0, 0.05) is 25.8 Å². The van der Waals surface area contributed by atoms with Crippen molar-refractivity contribution in [3.05, 3.63) is 47.7 Å². The van der Waals surface area contributed by atoms with Crippen LogP contribution in [0, 0.1) is 19.8 Å². The molecule has 1 atom stereocenters. The second kappa shape index (κ2) is 8.82. The van der Waals surface area contributed by atoms with Gasteiger partial charge in [-0.05, 0) is 69.0 Å². The van der Waals surface area contributed by atoms with Crippen molar-refractivity contribution < 1.29 is 13.2 Å². The van der Waals surface area contributed by atoms with E-state index in [1.165, 1.54) is 0 Å². The Balaban J connectivity index is 1.85. The van der Waals surface area contributed by atoms with E-state index in [0.717, 1.165) is 30.5 Å². The summed E-state index contributed by atoms with van der Waals surface area (Å²) in [6.07, 6.45) is 3.31. The van der Waals surface area contributed by atoms with Crippen LogP contribution in [-0.2, 0) is 14.8 Å². The number of amides is 1. The highest BCUT2D eigenvalue weighted by Gasteiger charge is 2.28. The standard InChI is InChI=1S/C21H28N4O3S/c1-4-22-21(26)17-7-6-12-25(14-17)20-19(8-5-11-23-20)24-29(27,28)18-10-9-15(2)16(3)13-18/h5,8-11,13,17,24H,4,6-7,12,14H2,1-3H3,(H,22,26). The molecule has 2 N–H and O–H groups in total. The number of hydrogen-bond acceptors (Lipinski definition) is 5. The summed E-state index contributed by atoms with van der Waals surface area (Å²) in [4.78, 5) is 18.9. The van der Waals surface area contributed by atoms with Crippen molar-refractivity contribution in [3.63, 3.8) is 0 Å². The molecule has 2 aromatic rings. The fraction of sp³-hybridized carbons (Fsp3) is 0.429. The number of aryl methyl sites for hydroxylation is 2. The minimum Gasteiger partial charge on any atom is -0.356 e. The molecule has 1 aliphatic rings. The third kappa shape index (κ3) is 4.87. The van der Waals surface area contributed by atoms with Crippen LogP contribution < -0.4 is 14.9 Å². The van der Waals surface area contributed by atoms with Gasteiger partial charge in [0.1, 0.15) is 0 Å². The quantitative estimate of drug-likeness (QED) is 0.756. The normalized spacial score (nSPS) is 17.1. The number of hydrogen-bond donors (Lipinski definition) is 2.